The molecule has 0 saturated carbocycles. The molecule has 0 aliphatic rings. The Morgan fingerprint density at radius 1 is 0.889 bits per heavy atom. The molecule has 6 nitrogen and oxygen atoms in total. The largest absolute Gasteiger partial charge is 0.390 e. The predicted octanol–water partition coefficient (Wildman–Crippen LogP) is -1.67. The second-order valence-electron chi connectivity index (χ2n) is 4.54. The topological polar surface area (TPSA) is 122 Å². The third-order valence-corrected chi connectivity index (χ3v) is 2.92. The van der Waals surface area contributed by atoms with Gasteiger partial charge in [0.05, 0.1) is 6.10 Å². The van der Waals surface area contributed by atoms with Gasteiger partial charge in [-0.25, -0.2) is 0 Å². The van der Waals surface area contributed by atoms with Crippen LogP contribution in [0.25, 0.3) is 0 Å². The van der Waals surface area contributed by atoms with Gasteiger partial charge in [-0.05, 0) is 58.4 Å². The number of hydrogen-bond donors (Lipinski definition) is 6. The summed E-state index contributed by atoms with van der Waals surface area (Å²) < 4.78 is 0. The first-order valence-electron chi connectivity index (χ1n) is 6.98. The average molecular weight is 261 g/mol. The van der Waals surface area contributed by atoms with Gasteiger partial charge in [-0.3, -0.25) is 0 Å². The van der Waals surface area contributed by atoms with Crippen molar-refractivity contribution in [3.05, 3.63) is 0 Å². The molecule has 0 radical (unpaired) electrons. The first-order chi connectivity index (χ1) is 8.76. The summed E-state index contributed by atoms with van der Waals surface area (Å²) in [6.07, 6.45) is 3.37. The van der Waals surface area contributed by atoms with E-state index in [1.54, 1.807) is 0 Å². The molecule has 0 aromatic heterocycles. The van der Waals surface area contributed by atoms with E-state index in [2.05, 4.69) is 10.6 Å². The van der Waals surface area contributed by atoms with E-state index in [1.807, 2.05) is 0 Å². The highest BCUT2D eigenvalue weighted by molar-refractivity contribution is 4.76. The maximum atomic E-state index is 9.80. The molecule has 9 N–H and O–H groups in total. The molecule has 0 rings (SSSR count). The van der Waals surface area contributed by atoms with Gasteiger partial charge >= 0.3 is 0 Å². The molecular formula is C12H31N5O. The lowest BCUT2D eigenvalue weighted by atomic mass is 10.1. The Labute approximate surface area is 111 Å². The highest BCUT2D eigenvalue weighted by Gasteiger charge is 2.16. The van der Waals surface area contributed by atoms with Gasteiger partial charge in [0.25, 0.3) is 0 Å². The van der Waals surface area contributed by atoms with Gasteiger partial charge in [-0.1, -0.05) is 0 Å². The van der Waals surface area contributed by atoms with Gasteiger partial charge < -0.3 is 32.9 Å². The van der Waals surface area contributed by atoms with Crippen LogP contribution in [-0.4, -0.2) is 56.5 Å². The van der Waals surface area contributed by atoms with Gasteiger partial charge in [-0.2, -0.15) is 0 Å². The molecule has 0 aromatic rings. The summed E-state index contributed by atoms with van der Waals surface area (Å²) in [4.78, 5) is 0. The summed E-state index contributed by atoms with van der Waals surface area (Å²) >= 11 is 0. The van der Waals surface area contributed by atoms with E-state index >= 15 is 0 Å². The van der Waals surface area contributed by atoms with Crippen molar-refractivity contribution in [3.8, 4) is 0 Å². The quantitative estimate of drug-likeness (QED) is 0.220. The van der Waals surface area contributed by atoms with E-state index in [4.69, 9.17) is 17.2 Å². The Balaban J connectivity index is 3.65. The Morgan fingerprint density at radius 2 is 1.50 bits per heavy atom. The molecule has 0 saturated heterocycles. The standard InChI is InChI=1S/C12H31N5O/c13-5-2-8-16-7-1-4-11(12(18)10-15)17-9-3-6-14/h11-12,16-18H,1-10,13-15H2. The van der Waals surface area contributed by atoms with Crippen molar-refractivity contribution in [2.24, 2.45) is 17.2 Å². The average Bonchev–Trinajstić information content (AvgIpc) is 2.40. The van der Waals surface area contributed by atoms with Crippen LogP contribution >= 0.6 is 0 Å². The number of aliphatic hydroxyl groups excluding tert-OH is 1. The minimum absolute atomic E-state index is 0.0675. The van der Waals surface area contributed by atoms with Crippen LogP contribution < -0.4 is 27.8 Å². The molecule has 0 aromatic carbocycles. The van der Waals surface area contributed by atoms with Gasteiger partial charge in [0.2, 0.25) is 0 Å². The molecule has 6 heteroatoms. The first kappa shape index (κ1) is 17.8. The first-order valence-corrected chi connectivity index (χ1v) is 6.98. The smallest absolute Gasteiger partial charge is 0.0815 e. The summed E-state index contributed by atoms with van der Waals surface area (Å²) in [6, 6.07) is 0.0675. The molecule has 0 aliphatic heterocycles. The van der Waals surface area contributed by atoms with Crippen LogP contribution in [0.2, 0.25) is 0 Å². The Hall–Kier alpha value is -0.240. The molecule has 2 atom stereocenters. The van der Waals surface area contributed by atoms with Crippen molar-refractivity contribution in [1.29, 1.82) is 0 Å². The minimum Gasteiger partial charge on any atom is -0.390 e. The zero-order valence-electron chi connectivity index (χ0n) is 11.4. The zero-order valence-corrected chi connectivity index (χ0v) is 11.4. The fraction of sp³-hybridized carbons (Fsp3) is 1.00. The number of hydrogen-bond acceptors (Lipinski definition) is 6. The summed E-state index contributed by atoms with van der Waals surface area (Å²) in [6.45, 7) is 4.43. The molecule has 0 spiro atoms. The van der Waals surface area contributed by atoms with E-state index in [1.165, 1.54) is 0 Å². The maximum Gasteiger partial charge on any atom is 0.0815 e. The number of rotatable bonds is 13. The van der Waals surface area contributed by atoms with E-state index in [0.29, 0.717) is 13.1 Å². The van der Waals surface area contributed by atoms with Crippen LogP contribution in [0, 0.1) is 0 Å². The van der Waals surface area contributed by atoms with E-state index in [-0.39, 0.29) is 6.04 Å². The molecule has 0 aliphatic carbocycles. The second-order valence-corrected chi connectivity index (χ2v) is 4.54. The van der Waals surface area contributed by atoms with Gasteiger partial charge in [-0.15, -0.1) is 0 Å². The SMILES string of the molecule is NCCCNCCCC(NCCCN)C(O)CN. The van der Waals surface area contributed by atoms with Gasteiger partial charge in [0, 0.05) is 12.6 Å². The lowest BCUT2D eigenvalue weighted by Gasteiger charge is -2.23. The van der Waals surface area contributed by atoms with Gasteiger partial charge in [0.1, 0.15) is 0 Å². The van der Waals surface area contributed by atoms with Crippen LogP contribution in [0.1, 0.15) is 25.7 Å². The third kappa shape index (κ3) is 9.76. The molecular weight excluding hydrogens is 230 g/mol. The lowest BCUT2D eigenvalue weighted by Crippen LogP contribution is -2.44. The number of aliphatic hydroxyl groups is 1. The van der Waals surface area contributed by atoms with Crippen molar-refractivity contribution in [2.45, 2.75) is 37.8 Å². The summed E-state index contributed by atoms with van der Waals surface area (Å²) in [7, 11) is 0. The Morgan fingerprint density at radius 3 is 2.11 bits per heavy atom. The number of nitrogens with one attached hydrogen (secondary N) is 2. The monoisotopic (exact) mass is 261 g/mol. The predicted molar refractivity (Wildman–Crippen MR) is 76.3 cm³/mol. The number of nitrogens with two attached hydrogens (primary N) is 3. The second kappa shape index (κ2) is 13.2. The van der Waals surface area contributed by atoms with E-state index < -0.39 is 6.10 Å². The van der Waals surface area contributed by atoms with Gasteiger partial charge in [0.15, 0.2) is 0 Å². The molecule has 2 unspecified atom stereocenters. The normalized spacial score (nSPS) is 14.7. The molecule has 110 valence electrons. The highest BCUT2D eigenvalue weighted by Crippen LogP contribution is 2.02. The molecule has 0 amide bonds. The fourth-order valence-corrected chi connectivity index (χ4v) is 1.78. The minimum atomic E-state index is -0.480. The van der Waals surface area contributed by atoms with Crippen LogP contribution in [-0.2, 0) is 0 Å². The maximum absolute atomic E-state index is 9.80. The molecule has 0 heterocycles. The molecule has 18 heavy (non-hydrogen) atoms. The van der Waals surface area contributed by atoms with Crippen molar-refractivity contribution in [3.63, 3.8) is 0 Å². The molecule has 0 bridgehead atoms. The summed E-state index contributed by atoms with van der Waals surface area (Å²) in [5.41, 5.74) is 16.4. The van der Waals surface area contributed by atoms with E-state index in [0.717, 1.165) is 51.9 Å². The van der Waals surface area contributed by atoms with Crippen molar-refractivity contribution in [1.82, 2.24) is 10.6 Å². The van der Waals surface area contributed by atoms with Crippen LogP contribution in [0.3, 0.4) is 0 Å². The Bertz CT molecular complexity index is 171. The summed E-state index contributed by atoms with van der Waals surface area (Å²) in [5.74, 6) is 0. The van der Waals surface area contributed by atoms with Crippen molar-refractivity contribution in [2.75, 3.05) is 39.3 Å². The van der Waals surface area contributed by atoms with Crippen LogP contribution in [0.15, 0.2) is 0 Å². The molecule has 0 fully saturated rings. The van der Waals surface area contributed by atoms with Crippen LogP contribution in [0.4, 0.5) is 0 Å². The highest BCUT2D eigenvalue weighted by atomic mass is 16.3. The van der Waals surface area contributed by atoms with Crippen LogP contribution in [0.5, 0.6) is 0 Å². The zero-order chi connectivity index (χ0) is 13.6. The Kier molecular flexibility index (Phi) is 13.0. The van der Waals surface area contributed by atoms with Crippen molar-refractivity contribution < 1.29 is 5.11 Å². The summed E-state index contributed by atoms with van der Waals surface area (Å²) in [5, 5.41) is 16.4. The lowest BCUT2D eigenvalue weighted by molar-refractivity contribution is 0.129. The van der Waals surface area contributed by atoms with Crippen molar-refractivity contribution >= 4 is 0 Å². The third-order valence-electron chi connectivity index (χ3n) is 2.92. The van der Waals surface area contributed by atoms with E-state index in [9.17, 15) is 5.11 Å². The fourth-order valence-electron chi connectivity index (χ4n) is 1.78.